The summed E-state index contributed by atoms with van der Waals surface area (Å²) in [6.45, 7) is 9.78. The molecule has 102 valence electrons. The Labute approximate surface area is 108 Å². The van der Waals surface area contributed by atoms with Crippen LogP contribution in [0.4, 0.5) is 0 Å². The van der Waals surface area contributed by atoms with Crippen LogP contribution in [0.3, 0.4) is 0 Å². The average Bonchev–Trinajstić information content (AvgIpc) is 2.94. The second kappa shape index (κ2) is 5.75. The van der Waals surface area contributed by atoms with Gasteiger partial charge in [-0.1, -0.05) is 0 Å². The lowest BCUT2D eigenvalue weighted by atomic mass is 10.1. The average molecular weight is 253 g/mol. The molecule has 1 N–H and O–H groups in total. The van der Waals surface area contributed by atoms with Crippen molar-refractivity contribution in [2.75, 3.05) is 13.2 Å². The number of hydrogen-bond acceptors (Lipinski definition) is 5. The molecular formula is C12H23N5O. The molecule has 0 saturated carbocycles. The summed E-state index contributed by atoms with van der Waals surface area (Å²) in [6, 6.07) is 0. The number of nitrogens with one attached hydrogen (secondary N) is 1. The van der Waals surface area contributed by atoms with Gasteiger partial charge in [0.2, 0.25) is 0 Å². The summed E-state index contributed by atoms with van der Waals surface area (Å²) in [5.41, 5.74) is 0.0794. The van der Waals surface area contributed by atoms with Crippen LogP contribution in [0.15, 0.2) is 0 Å². The maximum atomic E-state index is 5.38. The molecule has 2 rings (SSSR count). The van der Waals surface area contributed by atoms with Crippen molar-refractivity contribution in [3.05, 3.63) is 5.82 Å². The largest absolute Gasteiger partial charge is 0.381 e. The van der Waals surface area contributed by atoms with Crippen molar-refractivity contribution < 1.29 is 4.74 Å². The van der Waals surface area contributed by atoms with Crippen LogP contribution in [0.2, 0.25) is 0 Å². The summed E-state index contributed by atoms with van der Waals surface area (Å²) >= 11 is 0. The molecule has 0 bridgehead atoms. The van der Waals surface area contributed by atoms with Crippen molar-refractivity contribution in [2.45, 2.75) is 52.2 Å². The highest BCUT2D eigenvalue weighted by Gasteiger charge is 2.17. The SMILES string of the molecule is CC(C)(C)NCc1nnnn1CCC1CCOC1. The van der Waals surface area contributed by atoms with E-state index in [0.717, 1.165) is 38.4 Å². The Morgan fingerprint density at radius 3 is 2.94 bits per heavy atom. The van der Waals surface area contributed by atoms with Crippen molar-refractivity contribution in [1.82, 2.24) is 25.5 Å². The van der Waals surface area contributed by atoms with Gasteiger partial charge in [-0.2, -0.15) is 0 Å². The Kier molecular flexibility index (Phi) is 4.29. The first-order chi connectivity index (χ1) is 8.54. The second-order valence-corrected chi connectivity index (χ2v) is 5.94. The summed E-state index contributed by atoms with van der Waals surface area (Å²) in [4.78, 5) is 0. The minimum absolute atomic E-state index is 0.0794. The van der Waals surface area contributed by atoms with Crippen molar-refractivity contribution >= 4 is 0 Å². The van der Waals surface area contributed by atoms with Crippen molar-refractivity contribution in [2.24, 2.45) is 5.92 Å². The van der Waals surface area contributed by atoms with Crippen molar-refractivity contribution in [3.63, 3.8) is 0 Å². The molecule has 1 fully saturated rings. The fraction of sp³-hybridized carbons (Fsp3) is 0.917. The lowest BCUT2D eigenvalue weighted by molar-refractivity contribution is 0.182. The quantitative estimate of drug-likeness (QED) is 0.847. The molecule has 1 aromatic heterocycles. The molecule has 1 aliphatic heterocycles. The summed E-state index contributed by atoms with van der Waals surface area (Å²) < 4.78 is 7.28. The molecule has 1 atom stereocenters. The molecule has 0 aromatic carbocycles. The molecule has 1 aliphatic rings. The fourth-order valence-electron chi connectivity index (χ4n) is 1.98. The van der Waals surface area contributed by atoms with Gasteiger partial charge in [-0.3, -0.25) is 0 Å². The van der Waals surface area contributed by atoms with E-state index < -0.39 is 0 Å². The molecular weight excluding hydrogens is 230 g/mol. The molecule has 0 spiro atoms. The number of hydrogen-bond donors (Lipinski definition) is 1. The topological polar surface area (TPSA) is 64.9 Å². The molecule has 18 heavy (non-hydrogen) atoms. The maximum absolute atomic E-state index is 5.38. The fourth-order valence-corrected chi connectivity index (χ4v) is 1.98. The highest BCUT2D eigenvalue weighted by Crippen LogP contribution is 2.17. The lowest BCUT2D eigenvalue weighted by Crippen LogP contribution is -2.36. The van der Waals surface area contributed by atoms with Crippen LogP contribution in [0, 0.1) is 5.92 Å². The van der Waals surface area contributed by atoms with E-state index in [2.05, 4.69) is 41.6 Å². The summed E-state index contributed by atoms with van der Waals surface area (Å²) in [7, 11) is 0. The molecule has 6 nitrogen and oxygen atoms in total. The zero-order chi connectivity index (χ0) is 13.0. The van der Waals surface area contributed by atoms with Crippen LogP contribution in [0.25, 0.3) is 0 Å². The Bertz CT molecular complexity index is 365. The summed E-state index contributed by atoms with van der Waals surface area (Å²) in [5.74, 6) is 1.57. The number of rotatable bonds is 5. The molecule has 2 heterocycles. The van der Waals surface area contributed by atoms with Crippen LogP contribution >= 0.6 is 0 Å². The first kappa shape index (κ1) is 13.4. The van der Waals surface area contributed by atoms with Crippen LogP contribution < -0.4 is 5.32 Å². The maximum Gasteiger partial charge on any atom is 0.165 e. The summed E-state index contributed by atoms with van der Waals surface area (Å²) in [6.07, 6.45) is 2.26. The number of aryl methyl sites for hydroxylation is 1. The van der Waals surface area contributed by atoms with Crippen molar-refractivity contribution in [1.29, 1.82) is 0 Å². The highest BCUT2D eigenvalue weighted by atomic mass is 16.5. The third-order valence-electron chi connectivity index (χ3n) is 3.16. The van der Waals surface area contributed by atoms with Gasteiger partial charge in [-0.05, 0) is 50.0 Å². The van der Waals surface area contributed by atoms with Gasteiger partial charge >= 0.3 is 0 Å². The minimum Gasteiger partial charge on any atom is -0.381 e. The zero-order valence-electron chi connectivity index (χ0n) is 11.5. The van der Waals surface area contributed by atoms with E-state index in [-0.39, 0.29) is 5.54 Å². The number of ether oxygens (including phenoxy) is 1. The van der Waals surface area contributed by atoms with E-state index in [0.29, 0.717) is 12.5 Å². The van der Waals surface area contributed by atoms with E-state index in [1.807, 2.05) is 4.68 Å². The Morgan fingerprint density at radius 2 is 2.28 bits per heavy atom. The van der Waals surface area contributed by atoms with Crippen LogP contribution in [0.1, 0.15) is 39.4 Å². The molecule has 0 amide bonds. The molecule has 0 radical (unpaired) electrons. The predicted octanol–water partition coefficient (Wildman–Crippen LogP) is 0.988. The first-order valence-corrected chi connectivity index (χ1v) is 6.62. The molecule has 0 aliphatic carbocycles. The van der Waals surface area contributed by atoms with Gasteiger partial charge < -0.3 is 10.1 Å². The smallest absolute Gasteiger partial charge is 0.165 e. The normalized spacial score (nSPS) is 20.5. The van der Waals surface area contributed by atoms with Gasteiger partial charge in [0, 0.05) is 25.3 Å². The van der Waals surface area contributed by atoms with Gasteiger partial charge in [0.05, 0.1) is 6.54 Å². The van der Waals surface area contributed by atoms with E-state index >= 15 is 0 Å². The van der Waals surface area contributed by atoms with Gasteiger partial charge in [0.25, 0.3) is 0 Å². The summed E-state index contributed by atoms with van der Waals surface area (Å²) in [5, 5.41) is 15.3. The minimum atomic E-state index is 0.0794. The third kappa shape index (κ3) is 4.03. The highest BCUT2D eigenvalue weighted by molar-refractivity contribution is 4.83. The van der Waals surface area contributed by atoms with Crippen LogP contribution in [-0.4, -0.2) is 39.0 Å². The second-order valence-electron chi connectivity index (χ2n) is 5.94. The molecule has 1 unspecified atom stereocenters. The van der Waals surface area contributed by atoms with Gasteiger partial charge in [-0.15, -0.1) is 5.10 Å². The molecule has 6 heteroatoms. The standard InChI is InChI=1S/C12H23N5O/c1-12(2,3)13-8-11-14-15-16-17(11)6-4-10-5-7-18-9-10/h10,13H,4-9H2,1-3H3. The number of nitrogens with zero attached hydrogens (tertiary/aromatic N) is 4. The van der Waals surface area contributed by atoms with E-state index in [1.165, 1.54) is 0 Å². The van der Waals surface area contributed by atoms with Gasteiger partial charge in [0.1, 0.15) is 0 Å². The van der Waals surface area contributed by atoms with Crippen molar-refractivity contribution in [3.8, 4) is 0 Å². The molecule has 1 aromatic rings. The van der Waals surface area contributed by atoms with E-state index in [4.69, 9.17) is 4.74 Å². The van der Waals surface area contributed by atoms with E-state index in [9.17, 15) is 0 Å². The lowest BCUT2D eigenvalue weighted by Gasteiger charge is -2.20. The van der Waals surface area contributed by atoms with Crippen LogP contribution in [-0.2, 0) is 17.8 Å². The van der Waals surface area contributed by atoms with Gasteiger partial charge in [-0.25, -0.2) is 4.68 Å². The molecule has 1 saturated heterocycles. The number of tetrazole rings is 1. The Balaban J connectivity index is 1.83. The van der Waals surface area contributed by atoms with E-state index in [1.54, 1.807) is 0 Å². The Morgan fingerprint density at radius 1 is 1.44 bits per heavy atom. The predicted molar refractivity (Wildman–Crippen MR) is 68.0 cm³/mol. The monoisotopic (exact) mass is 253 g/mol. The third-order valence-corrected chi connectivity index (χ3v) is 3.16. The zero-order valence-corrected chi connectivity index (χ0v) is 11.5. The Hall–Kier alpha value is -1.01. The first-order valence-electron chi connectivity index (χ1n) is 6.62. The van der Waals surface area contributed by atoms with Crippen LogP contribution in [0.5, 0.6) is 0 Å². The van der Waals surface area contributed by atoms with Gasteiger partial charge in [0.15, 0.2) is 5.82 Å². The number of aromatic nitrogens is 4.